The van der Waals surface area contributed by atoms with Crippen molar-refractivity contribution >= 4 is 11.9 Å². The number of ether oxygens (including phenoxy) is 1. The Morgan fingerprint density at radius 2 is 1.83 bits per heavy atom. The maximum absolute atomic E-state index is 11.9. The fourth-order valence-corrected chi connectivity index (χ4v) is 2.30. The molecule has 0 aliphatic carbocycles. The van der Waals surface area contributed by atoms with Crippen molar-refractivity contribution in [2.75, 3.05) is 11.9 Å². The Balaban J connectivity index is 1.58. The Kier molecular flexibility index (Phi) is 4.56. The van der Waals surface area contributed by atoms with Crippen molar-refractivity contribution in [3.63, 3.8) is 0 Å². The molecule has 0 saturated carbocycles. The van der Waals surface area contributed by atoms with E-state index in [-0.39, 0.29) is 18.5 Å². The number of benzene rings is 2. The Morgan fingerprint density at radius 1 is 1.12 bits per heavy atom. The largest absolute Gasteiger partial charge is 0.484 e. The third-order valence-corrected chi connectivity index (χ3v) is 3.26. The summed E-state index contributed by atoms with van der Waals surface area (Å²) >= 11 is 0. The lowest BCUT2D eigenvalue weighted by Gasteiger charge is -2.07. The fourth-order valence-electron chi connectivity index (χ4n) is 2.30. The van der Waals surface area contributed by atoms with Crippen LogP contribution in [0.15, 0.2) is 53.1 Å². The van der Waals surface area contributed by atoms with Crippen molar-refractivity contribution in [3.05, 3.63) is 59.7 Å². The molecule has 0 aliphatic rings. The van der Waals surface area contributed by atoms with E-state index in [2.05, 4.69) is 15.5 Å². The van der Waals surface area contributed by atoms with Gasteiger partial charge >= 0.3 is 0 Å². The molecule has 0 fully saturated rings. The van der Waals surface area contributed by atoms with Crippen LogP contribution in [-0.2, 0) is 4.79 Å². The van der Waals surface area contributed by atoms with Gasteiger partial charge in [-0.15, -0.1) is 0 Å². The number of nitrogens with one attached hydrogen (secondary N) is 1. The molecule has 2 aromatic carbocycles. The summed E-state index contributed by atoms with van der Waals surface area (Å²) in [5.41, 5.74) is 2.95. The van der Waals surface area contributed by atoms with Crippen molar-refractivity contribution in [1.82, 2.24) is 10.1 Å². The molecule has 0 radical (unpaired) electrons. The van der Waals surface area contributed by atoms with E-state index in [1.807, 2.05) is 62.4 Å². The van der Waals surface area contributed by atoms with Gasteiger partial charge in [0.15, 0.2) is 6.61 Å². The Hall–Kier alpha value is -3.15. The molecule has 1 aromatic heterocycles. The number of rotatable bonds is 5. The van der Waals surface area contributed by atoms with E-state index in [1.54, 1.807) is 0 Å². The minimum Gasteiger partial charge on any atom is -0.484 e. The maximum atomic E-state index is 11.9. The standard InChI is InChI=1S/C18H17N3O3/c1-12-8-13(2)10-15(9-12)23-11-16(22)19-18-20-17(24-21-18)14-6-4-3-5-7-14/h3-10H,11H2,1-2H3,(H,19,21,22). The number of carbonyl (C=O) groups is 1. The second-order valence-corrected chi connectivity index (χ2v) is 5.45. The second kappa shape index (κ2) is 6.95. The van der Waals surface area contributed by atoms with Gasteiger partial charge in [-0.25, -0.2) is 0 Å². The minimum absolute atomic E-state index is 0.114. The Bertz CT molecular complexity index is 823. The number of anilines is 1. The lowest BCUT2D eigenvalue weighted by Crippen LogP contribution is -2.20. The van der Waals surface area contributed by atoms with Gasteiger partial charge in [0, 0.05) is 5.56 Å². The van der Waals surface area contributed by atoms with Crippen LogP contribution in [0.2, 0.25) is 0 Å². The van der Waals surface area contributed by atoms with E-state index in [9.17, 15) is 4.79 Å². The topological polar surface area (TPSA) is 77.2 Å². The van der Waals surface area contributed by atoms with E-state index in [4.69, 9.17) is 9.26 Å². The lowest BCUT2D eigenvalue weighted by atomic mass is 10.1. The highest BCUT2D eigenvalue weighted by Gasteiger charge is 2.11. The van der Waals surface area contributed by atoms with Gasteiger partial charge in [-0.1, -0.05) is 24.3 Å². The van der Waals surface area contributed by atoms with Gasteiger partial charge in [-0.05, 0) is 54.4 Å². The van der Waals surface area contributed by atoms with Crippen LogP contribution in [0.3, 0.4) is 0 Å². The summed E-state index contributed by atoms with van der Waals surface area (Å²) in [5, 5.41) is 6.29. The third-order valence-electron chi connectivity index (χ3n) is 3.26. The van der Waals surface area contributed by atoms with Crippen molar-refractivity contribution in [2.45, 2.75) is 13.8 Å². The highest BCUT2D eigenvalue weighted by Crippen LogP contribution is 2.18. The number of aryl methyl sites for hydroxylation is 2. The number of hydrogen-bond acceptors (Lipinski definition) is 5. The molecule has 3 aromatic rings. The molecule has 1 amide bonds. The summed E-state index contributed by atoms with van der Waals surface area (Å²) in [6.07, 6.45) is 0. The maximum Gasteiger partial charge on any atom is 0.270 e. The van der Waals surface area contributed by atoms with Gasteiger partial charge in [-0.3, -0.25) is 10.1 Å². The van der Waals surface area contributed by atoms with Crippen molar-refractivity contribution in [3.8, 4) is 17.2 Å². The smallest absolute Gasteiger partial charge is 0.270 e. The monoisotopic (exact) mass is 323 g/mol. The van der Waals surface area contributed by atoms with Gasteiger partial charge in [-0.2, -0.15) is 4.98 Å². The predicted octanol–water partition coefficient (Wildman–Crippen LogP) is 3.37. The molecule has 122 valence electrons. The van der Waals surface area contributed by atoms with Gasteiger partial charge in [0.25, 0.3) is 17.7 Å². The van der Waals surface area contributed by atoms with Crippen LogP contribution in [0, 0.1) is 13.8 Å². The van der Waals surface area contributed by atoms with Crippen molar-refractivity contribution in [1.29, 1.82) is 0 Å². The van der Waals surface area contributed by atoms with Gasteiger partial charge in [0.1, 0.15) is 5.75 Å². The molecule has 0 spiro atoms. The second-order valence-electron chi connectivity index (χ2n) is 5.45. The molecule has 0 unspecified atom stereocenters. The zero-order valence-electron chi connectivity index (χ0n) is 13.4. The first-order valence-corrected chi connectivity index (χ1v) is 7.50. The summed E-state index contributed by atoms with van der Waals surface area (Å²) in [5.74, 6) is 0.763. The summed E-state index contributed by atoms with van der Waals surface area (Å²) < 4.78 is 10.6. The quantitative estimate of drug-likeness (QED) is 0.779. The third kappa shape index (κ3) is 3.98. The van der Waals surface area contributed by atoms with Crippen LogP contribution in [0.25, 0.3) is 11.5 Å². The molecule has 0 atom stereocenters. The number of nitrogens with zero attached hydrogens (tertiary/aromatic N) is 2. The molecule has 6 nitrogen and oxygen atoms in total. The van der Waals surface area contributed by atoms with Gasteiger partial charge in [0.2, 0.25) is 0 Å². The van der Waals surface area contributed by atoms with Gasteiger partial charge in [0.05, 0.1) is 0 Å². The molecule has 0 bridgehead atoms. The number of aromatic nitrogens is 2. The fraction of sp³-hybridized carbons (Fsp3) is 0.167. The van der Waals surface area contributed by atoms with Crippen LogP contribution in [-0.4, -0.2) is 22.7 Å². The van der Waals surface area contributed by atoms with E-state index in [1.165, 1.54) is 0 Å². The summed E-state index contributed by atoms with van der Waals surface area (Å²) in [7, 11) is 0. The van der Waals surface area contributed by atoms with E-state index in [0.29, 0.717) is 11.6 Å². The van der Waals surface area contributed by atoms with Crippen LogP contribution in [0.1, 0.15) is 11.1 Å². The number of hydrogen-bond donors (Lipinski definition) is 1. The van der Waals surface area contributed by atoms with Crippen LogP contribution in [0.4, 0.5) is 5.95 Å². The number of carbonyl (C=O) groups excluding carboxylic acids is 1. The Labute approximate surface area is 139 Å². The lowest BCUT2D eigenvalue weighted by molar-refractivity contribution is -0.118. The van der Waals surface area contributed by atoms with E-state index >= 15 is 0 Å². The molecular weight excluding hydrogens is 306 g/mol. The Morgan fingerprint density at radius 3 is 2.54 bits per heavy atom. The summed E-state index contributed by atoms with van der Waals surface area (Å²) in [6, 6.07) is 15.1. The molecule has 6 heteroatoms. The van der Waals surface area contributed by atoms with Crippen LogP contribution >= 0.6 is 0 Å². The zero-order valence-corrected chi connectivity index (χ0v) is 13.4. The summed E-state index contributed by atoms with van der Waals surface area (Å²) in [4.78, 5) is 16.1. The predicted molar refractivity (Wildman–Crippen MR) is 89.8 cm³/mol. The highest BCUT2D eigenvalue weighted by molar-refractivity contribution is 5.90. The summed E-state index contributed by atoms with van der Waals surface area (Å²) in [6.45, 7) is 3.83. The average molecular weight is 323 g/mol. The van der Waals surface area contributed by atoms with Gasteiger partial charge < -0.3 is 9.26 Å². The molecular formula is C18H17N3O3. The van der Waals surface area contributed by atoms with Crippen LogP contribution in [0.5, 0.6) is 5.75 Å². The molecule has 0 saturated heterocycles. The van der Waals surface area contributed by atoms with Crippen LogP contribution < -0.4 is 10.1 Å². The zero-order chi connectivity index (χ0) is 16.9. The van der Waals surface area contributed by atoms with Crippen molar-refractivity contribution in [2.24, 2.45) is 0 Å². The van der Waals surface area contributed by atoms with E-state index in [0.717, 1.165) is 16.7 Å². The molecule has 0 aliphatic heterocycles. The number of amides is 1. The SMILES string of the molecule is Cc1cc(C)cc(OCC(=O)Nc2noc(-c3ccccc3)n2)c1. The average Bonchev–Trinajstić information content (AvgIpc) is 3.01. The first-order chi connectivity index (χ1) is 11.6. The van der Waals surface area contributed by atoms with Crippen molar-refractivity contribution < 1.29 is 14.1 Å². The molecule has 1 heterocycles. The first-order valence-electron chi connectivity index (χ1n) is 7.50. The highest BCUT2D eigenvalue weighted by atomic mass is 16.5. The molecule has 1 N–H and O–H groups in total. The molecule has 3 rings (SSSR count). The first kappa shape index (κ1) is 15.7. The van der Waals surface area contributed by atoms with E-state index < -0.39 is 0 Å². The molecule has 24 heavy (non-hydrogen) atoms. The normalized spacial score (nSPS) is 10.4. The minimum atomic E-state index is -0.352.